The zero-order chi connectivity index (χ0) is 25.8. The summed E-state index contributed by atoms with van der Waals surface area (Å²) >= 11 is 5.87. The average Bonchev–Trinajstić information content (AvgIpc) is 3.54. The van der Waals surface area contributed by atoms with Crippen molar-refractivity contribution in [1.82, 2.24) is 19.9 Å². The third-order valence-corrected chi connectivity index (χ3v) is 6.43. The molecule has 0 bridgehead atoms. The van der Waals surface area contributed by atoms with Crippen LogP contribution in [-0.2, 0) is 9.53 Å². The van der Waals surface area contributed by atoms with Gasteiger partial charge in [-0.15, -0.1) is 0 Å². The summed E-state index contributed by atoms with van der Waals surface area (Å²) in [6.45, 7) is -0.0694. The van der Waals surface area contributed by atoms with Gasteiger partial charge in [0, 0.05) is 37.1 Å². The predicted octanol–water partition coefficient (Wildman–Crippen LogP) is 4.04. The SMILES string of the molecule is COCC(=O)Nc1cc(N2C(=S)N[C@@H](c3ccccn3)[C@H]2c2cccn2-c2cccnc2)ccc1OC. The van der Waals surface area contributed by atoms with Gasteiger partial charge in [0.15, 0.2) is 5.11 Å². The molecule has 3 aromatic heterocycles. The van der Waals surface area contributed by atoms with Gasteiger partial charge in [0.05, 0.1) is 36.4 Å². The Morgan fingerprint density at radius 3 is 2.70 bits per heavy atom. The molecule has 4 heterocycles. The van der Waals surface area contributed by atoms with Crippen LogP contribution in [0.5, 0.6) is 5.75 Å². The Morgan fingerprint density at radius 1 is 1.08 bits per heavy atom. The molecule has 0 spiro atoms. The number of aromatic nitrogens is 3. The van der Waals surface area contributed by atoms with Crippen LogP contribution >= 0.6 is 12.2 Å². The van der Waals surface area contributed by atoms with E-state index < -0.39 is 0 Å². The second-order valence-corrected chi connectivity index (χ2v) is 8.76. The van der Waals surface area contributed by atoms with E-state index in [9.17, 15) is 4.79 Å². The van der Waals surface area contributed by atoms with Crippen molar-refractivity contribution in [2.24, 2.45) is 0 Å². The lowest BCUT2D eigenvalue weighted by molar-refractivity contribution is -0.119. The highest BCUT2D eigenvalue weighted by molar-refractivity contribution is 7.80. The number of rotatable bonds is 8. The van der Waals surface area contributed by atoms with Crippen molar-refractivity contribution in [3.63, 3.8) is 0 Å². The van der Waals surface area contributed by atoms with Gasteiger partial charge in [-0.05, 0) is 66.8 Å². The summed E-state index contributed by atoms with van der Waals surface area (Å²) in [6.07, 6.45) is 7.35. The molecule has 0 radical (unpaired) electrons. The molecule has 1 aliphatic rings. The number of nitrogens with one attached hydrogen (secondary N) is 2. The van der Waals surface area contributed by atoms with Gasteiger partial charge in [-0.25, -0.2) is 0 Å². The van der Waals surface area contributed by atoms with Crippen molar-refractivity contribution in [2.45, 2.75) is 12.1 Å². The van der Waals surface area contributed by atoms with Crippen LogP contribution in [0.4, 0.5) is 11.4 Å². The van der Waals surface area contributed by atoms with E-state index in [1.807, 2.05) is 71.9 Å². The maximum Gasteiger partial charge on any atom is 0.250 e. The van der Waals surface area contributed by atoms with Crippen LogP contribution < -0.4 is 20.3 Å². The van der Waals surface area contributed by atoms with E-state index in [0.29, 0.717) is 16.5 Å². The van der Waals surface area contributed by atoms with Crippen LogP contribution in [0.15, 0.2) is 85.5 Å². The van der Waals surface area contributed by atoms with Gasteiger partial charge in [-0.3, -0.25) is 14.8 Å². The Hall–Kier alpha value is -4.28. The van der Waals surface area contributed by atoms with Crippen LogP contribution in [0.2, 0.25) is 0 Å². The molecule has 2 atom stereocenters. The van der Waals surface area contributed by atoms with Crippen molar-refractivity contribution >= 4 is 34.6 Å². The van der Waals surface area contributed by atoms with E-state index in [2.05, 4.69) is 31.2 Å². The van der Waals surface area contributed by atoms with Gasteiger partial charge < -0.3 is 29.6 Å². The smallest absolute Gasteiger partial charge is 0.250 e. The van der Waals surface area contributed by atoms with Crippen LogP contribution in [0, 0.1) is 0 Å². The molecular formula is C27H26N6O3S. The molecule has 0 saturated carbocycles. The van der Waals surface area contributed by atoms with Gasteiger partial charge in [0.25, 0.3) is 0 Å². The second kappa shape index (κ2) is 10.8. The number of nitrogens with zero attached hydrogens (tertiary/aromatic N) is 4. The van der Waals surface area contributed by atoms with E-state index in [1.54, 1.807) is 19.5 Å². The lowest BCUT2D eigenvalue weighted by atomic mass is 10.0. The molecule has 1 saturated heterocycles. The first-order valence-corrected chi connectivity index (χ1v) is 12.1. The lowest BCUT2D eigenvalue weighted by Crippen LogP contribution is -2.30. The van der Waals surface area contributed by atoms with E-state index >= 15 is 0 Å². The number of hydrogen-bond acceptors (Lipinski definition) is 6. The van der Waals surface area contributed by atoms with Crippen LogP contribution in [0.1, 0.15) is 23.5 Å². The standard InChI is InChI=1S/C27H26N6O3S/c1-35-17-24(34)30-21-15-18(10-11-23(21)36-2)33-26(25(31-27(33)37)20-8-3-4-13-29-20)22-9-6-14-32(22)19-7-5-12-28-16-19/h3-16,25-26H,17H2,1-2H3,(H,30,34)(H,31,37)/t25-,26+/m0/s1. The number of carbonyl (C=O) groups excluding carboxylic acids is 1. The minimum absolute atomic E-state index is 0.0694. The number of anilines is 2. The largest absolute Gasteiger partial charge is 0.495 e. The molecule has 1 fully saturated rings. The molecular weight excluding hydrogens is 488 g/mol. The molecule has 10 heteroatoms. The first-order chi connectivity index (χ1) is 18.1. The fourth-order valence-electron chi connectivity index (χ4n) is 4.56. The monoisotopic (exact) mass is 514 g/mol. The minimum Gasteiger partial charge on any atom is -0.495 e. The van der Waals surface area contributed by atoms with Crippen LogP contribution in [0.25, 0.3) is 5.69 Å². The van der Waals surface area contributed by atoms with Crippen molar-refractivity contribution in [1.29, 1.82) is 0 Å². The summed E-state index contributed by atoms with van der Waals surface area (Å²) in [6, 6.07) is 18.9. The summed E-state index contributed by atoms with van der Waals surface area (Å²) in [5.41, 5.74) is 4.10. The summed E-state index contributed by atoms with van der Waals surface area (Å²) in [5, 5.41) is 6.88. The Morgan fingerprint density at radius 2 is 1.97 bits per heavy atom. The Labute approximate surface area is 220 Å². The Kier molecular flexibility index (Phi) is 7.11. The zero-order valence-electron chi connectivity index (χ0n) is 20.4. The third-order valence-electron chi connectivity index (χ3n) is 6.12. The lowest BCUT2D eigenvalue weighted by Gasteiger charge is -2.29. The number of pyridine rings is 2. The molecule has 5 rings (SSSR count). The number of methoxy groups -OCH3 is 2. The molecule has 37 heavy (non-hydrogen) atoms. The maximum absolute atomic E-state index is 12.3. The van der Waals surface area contributed by atoms with Crippen molar-refractivity contribution in [3.8, 4) is 11.4 Å². The number of thiocarbonyl (C=S) groups is 1. The van der Waals surface area contributed by atoms with E-state index in [1.165, 1.54) is 7.11 Å². The highest BCUT2D eigenvalue weighted by Crippen LogP contribution is 2.43. The molecule has 1 aliphatic heterocycles. The fourth-order valence-corrected chi connectivity index (χ4v) is 4.91. The molecule has 9 nitrogen and oxygen atoms in total. The number of benzene rings is 1. The van der Waals surface area contributed by atoms with Gasteiger partial charge in [0.2, 0.25) is 5.91 Å². The first-order valence-electron chi connectivity index (χ1n) is 11.7. The van der Waals surface area contributed by atoms with Crippen LogP contribution in [0.3, 0.4) is 0 Å². The highest BCUT2D eigenvalue weighted by Gasteiger charge is 2.42. The molecule has 0 unspecified atom stereocenters. The number of ether oxygens (including phenoxy) is 2. The molecule has 2 N–H and O–H groups in total. The topological polar surface area (TPSA) is 93.5 Å². The van der Waals surface area contributed by atoms with E-state index in [0.717, 1.165) is 22.8 Å². The average molecular weight is 515 g/mol. The van der Waals surface area contributed by atoms with Gasteiger partial charge in [0.1, 0.15) is 18.4 Å². The second-order valence-electron chi connectivity index (χ2n) is 8.38. The van der Waals surface area contributed by atoms with Crippen molar-refractivity contribution in [2.75, 3.05) is 31.0 Å². The Balaban J connectivity index is 1.62. The minimum atomic E-state index is -0.284. The quantitative estimate of drug-likeness (QED) is 0.341. The van der Waals surface area contributed by atoms with Crippen LogP contribution in [-0.4, -0.2) is 46.4 Å². The molecule has 188 valence electrons. The number of amides is 1. The fraction of sp³-hybridized carbons (Fsp3) is 0.185. The predicted molar refractivity (Wildman–Crippen MR) is 145 cm³/mol. The zero-order valence-corrected chi connectivity index (χ0v) is 21.2. The number of carbonyl (C=O) groups is 1. The van der Waals surface area contributed by atoms with E-state index in [4.69, 9.17) is 21.7 Å². The summed E-state index contributed by atoms with van der Waals surface area (Å²) in [5.74, 6) is 0.247. The highest BCUT2D eigenvalue weighted by atomic mass is 32.1. The molecule has 1 amide bonds. The molecule has 0 aliphatic carbocycles. The Bertz CT molecular complexity index is 1400. The first kappa shape index (κ1) is 24.4. The van der Waals surface area contributed by atoms with E-state index in [-0.39, 0.29) is 24.6 Å². The van der Waals surface area contributed by atoms with Gasteiger partial charge >= 0.3 is 0 Å². The normalized spacial score (nSPS) is 16.9. The summed E-state index contributed by atoms with van der Waals surface area (Å²) in [4.78, 5) is 23.3. The van der Waals surface area contributed by atoms with Crippen molar-refractivity contribution in [3.05, 3.63) is 96.8 Å². The summed E-state index contributed by atoms with van der Waals surface area (Å²) < 4.78 is 12.6. The maximum atomic E-state index is 12.3. The summed E-state index contributed by atoms with van der Waals surface area (Å²) in [7, 11) is 3.03. The number of hydrogen-bond donors (Lipinski definition) is 2. The third kappa shape index (κ3) is 4.89. The van der Waals surface area contributed by atoms with Crippen molar-refractivity contribution < 1.29 is 14.3 Å². The molecule has 4 aromatic rings. The van der Waals surface area contributed by atoms with Gasteiger partial charge in [-0.1, -0.05) is 6.07 Å². The molecule has 1 aromatic carbocycles. The van der Waals surface area contributed by atoms with Gasteiger partial charge in [-0.2, -0.15) is 0 Å².